The maximum absolute atomic E-state index is 11.9. The van der Waals surface area contributed by atoms with Gasteiger partial charge in [-0.3, -0.25) is 9.59 Å². The highest BCUT2D eigenvalue weighted by molar-refractivity contribution is 5.92. The summed E-state index contributed by atoms with van der Waals surface area (Å²) in [6.45, 7) is 0. The number of carboxylic acid groups (broad SMARTS) is 1. The Bertz CT molecular complexity index is 433. The molecule has 0 spiro atoms. The molecule has 1 aromatic heterocycles. The van der Waals surface area contributed by atoms with Crippen molar-refractivity contribution in [2.75, 3.05) is 5.32 Å². The first kappa shape index (κ1) is 12.6. The van der Waals surface area contributed by atoms with Crippen LogP contribution in [0, 0.1) is 5.92 Å². The molecule has 1 heterocycles. The molecule has 1 aliphatic carbocycles. The van der Waals surface area contributed by atoms with Crippen LogP contribution in [0.3, 0.4) is 0 Å². The van der Waals surface area contributed by atoms with Gasteiger partial charge in [0.25, 0.3) is 0 Å². The van der Waals surface area contributed by atoms with Gasteiger partial charge in [-0.25, -0.2) is 0 Å². The van der Waals surface area contributed by atoms with Crippen molar-refractivity contribution in [3.05, 3.63) is 18.5 Å². The molecule has 0 unspecified atom stereocenters. The SMILES string of the molecule is NC1(C(=O)O)CCC(C(=O)Nc2cc[nH]c2)CC1. The van der Waals surface area contributed by atoms with E-state index in [1.165, 1.54) is 0 Å². The molecule has 1 saturated carbocycles. The van der Waals surface area contributed by atoms with Crippen molar-refractivity contribution in [3.8, 4) is 0 Å². The summed E-state index contributed by atoms with van der Waals surface area (Å²) in [7, 11) is 0. The Morgan fingerprint density at radius 2 is 2.11 bits per heavy atom. The van der Waals surface area contributed by atoms with Gasteiger partial charge in [-0.2, -0.15) is 0 Å². The number of hydrogen-bond donors (Lipinski definition) is 4. The molecule has 1 aromatic rings. The quantitative estimate of drug-likeness (QED) is 0.640. The van der Waals surface area contributed by atoms with Crippen LogP contribution in [0.4, 0.5) is 5.69 Å². The minimum Gasteiger partial charge on any atom is -0.480 e. The maximum atomic E-state index is 11.9. The second kappa shape index (κ2) is 4.81. The van der Waals surface area contributed by atoms with Gasteiger partial charge in [0.15, 0.2) is 0 Å². The van der Waals surface area contributed by atoms with Gasteiger partial charge in [0, 0.05) is 18.3 Å². The number of carbonyl (C=O) groups is 2. The Morgan fingerprint density at radius 3 is 2.61 bits per heavy atom. The summed E-state index contributed by atoms with van der Waals surface area (Å²) >= 11 is 0. The Labute approximate surface area is 105 Å². The van der Waals surface area contributed by atoms with E-state index in [1.807, 2.05) is 0 Å². The van der Waals surface area contributed by atoms with Crippen LogP contribution in [0.25, 0.3) is 0 Å². The van der Waals surface area contributed by atoms with Crippen molar-refractivity contribution >= 4 is 17.6 Å². The topological polar surface area (TPSA) is 108 Å². The fourth-order valence-corrected chi connectivity index (χ4v) is 2.25. The summed E-state index contributed by atoms with van der Waals surface area (Å²) in [5.41, 5.74) is 5.33. The number of aliphatic carboxylic acids is 1. The lowest BCUT2D eigenvalue weighted by Gasteiger charge is -2.32. The fourth-order valence-electron chi connectivity index (χ4n) is 2.25. The van der Waals surface area contributed by atoms with Crippen molar-refractivity contribution in [1.29, 1.82) is 0 Å². The molecular formula is C12H17N3O3. The molecule has 6 heteroatoms. The molecule has 0 aromatic carbocycles. The zero-order chi connectivity index (χ0) is 13.2. The van der Waals surface area contributed by atoms with E-state index in [-0.39, 0.29) is 11.8 Å². The summed E-state index contributed by atoms with van der Waals surface area (Å²) in [5, 5.41) is 11.8. The highest BCUT2D eigenvalue weighted by atomic mass is 16.4. The minimum absolute atomic E-state index is 0.0676. The molecule has 0 saturated heterocycles. The predicted molar refractivity (Wildman–Crippen MR) is 65.9 cm³/mol. The van der Waals surface area contributed by atoms with E-state index in [1.54, 1.807) is 18.5 Å². The van der Waals surface area contributed by atoms with E-state index in [4.69, 9.17) is 10.8 Å². The largest absolute Gasteiger partial charge is 0.480 e. The first-order valence-corrected chi connectivity index (χ1v) is 5.97. The molecule has 6 nitrogen and oxygen atoms in total. The Kier molecular flexibility index (Phi) is 3.38. The Hall–Kier alpha value is -1.82. The second-order valence-corrected chi connectivity index (χ2v) is 4.82. The molecule has 1 fully saturated rings. The Balaban J connectivity index is 1.90. The summed E-state index contributed by atoms with van der Waals surface area (Å²) in [5.74, 6) is -1.20. The van der Waals surface area contributed by atoms with Crippen LogP contribution < -0.4 is 11.1 Å². The molecule has 0 aliphatic heterocycles. The smallest absolute Gasteiger partial charge is 0.323 e. The number of rotatable bonds is 3. The van der Waals surface area contributed by atoms with Crippen LogP contribution in [0.5, 0.6) is 0 Å². The third kappa shape index (κ3) is 2.53. The molecule has 98 valence electrons. The molecule has 2 rings (SSSR count). The number of amides is 1. The number of hydrogen-bond acceptors (Lipinski definition) is 3. The van der Waals surface area contributed by atoms with Crippen molar-refractivity contribution in [2.45, 2.75) is 31.2 Å². The van der Waals surface area contributed by atoms with Crippen molar-refractivity contribution in [3.63, 3.8) is 0 Å². The maximum Gasteiger partial charge on any atom is 0.323 e. The minimum atomic E-state index is -1.16. The number of H-pyrrole nitrogens is 1. The molecule has 1 amide bonds. The van der Waals surface area contributed by atoms with Gasteiger partial charge in [0.05, 0.1) is 5.69 Å². The summed E-state index contributed by atoms with van der Waals surface area (Å²) < 4.78 is 0. The van der Waals surface area contributed by atoms with Gasteiger partial charge < -0.3 is 21.1 Å². The normalized spacial score (nSPS) is 27.7. The van der Waals surface area contributed by atoms with Crippen LogP contribution in [0.2, 0.25) is 0 Å². The average molecular weight is 251 g/mol. The fraction of sp³-hybridized carbons (Fsp3) is 0.500. The summed E-state index contributed by atoms with van der Waals surface area (Å²) in [6.07, 6.45) is 5.14. The van der Waals surface area contributed by atoms with Gasteiger partial charge in [-0.1, -0.05) is 0 Å². The summed E-state index contributed by atoms with van der Waals surface area (Å²) in [6, 6.07) is 1.77. The molecule has 0 bridgehead atoms. The van der Waals surface area contributed by atoms with Gasteiger partial charge in [-0.05, 0) is 31.7 Å². The van der Waals surface area contributed by atoms with Crippen molar-refractivity contribution in [1.82, 2.24) is 4.98 Å². The van der Waals surface area contributed by atoms with E-state index in [0.717, 1.165) is 5.69 Å². The number of aromatic nitrogens is 1. The molecule has 1 aliphatic rings. The van der Waals surface area contributed by atoms with E-state index in [0.29, 0.717) is 25.7 Å². The predicted octanol–water partition coefficient (Wildman–Crippen LogP) is 0.925. The lowest BCUT2D eigenvalue weighted by atomic mass is 9.77. The lowest BCUT2D eigenvalue weighted by Crippen LogP contribution is -2.51. The number of aromatic amines is 1. The Morgan fingerprint density at radius 1 is 1.44 bits per heavy atom. The number of nitrogens with two attached hydrogens (primary N) is 1. The lowest BCUT2D eigenvalue weighted by molar-refractivity contribution is -0.145. The third-order valence-corrected chi connectivity index (χ3v) is 3.54. The van der Waals surface area contributed by atoms with Gasteiger partial charge in [0.2, 0.25) is 5.91 Å². The zero-order valence-corrected chi connectivity index (χ0v) is 9.98. The average Bonchev–Trinajstić information content (AvgIpc) is 2.82. The van der Waals surface area contributed by atoms with Crippen LogP contribution in [0.15, 0.2) is 18.5 Å². The number of anilines is 1. The van der Waals surface area contributed by atoms with E-state index >= 15 is 0 Å². The highest BCUT2D eigenvalue weighted by Crippen LogP contribution is 2.31. The van der Waals surface area contributed by atoms with Crippen LogP contribution in [0.1, 0.15) is 25.7 Å². The van der Waals surface area contributed by atoms with E-state index < -0.39 is 11.5 Å². The van der Waals surface area contributed by atoms with Crippen molar-refractivity contribution < 1.29 is 14.7 Å². The molecule has 18 heavy (non-hydrogen) atoms. The van der Waals surface area contributed by atoms with Crippen LogP contribution in [-0.2, 0) is 9.59 Å². The number of nitrogens with one attached hydrogen (secondary N) is 2. The van der Waals surface area contributed by atoms with Crippen LogP contribution >= 0.6 is 0 Å². The van der Waals surface area contributed by atoms with Gasteiger partial charge in [-0.15, -0.1) is 0 Å². The molecule has 0 radical (unpaired) electrons. The van der Waals surface area contributed by atoms with Gasteiger partial charge in [0.1, 0.15) is 5.54 Å². The standard InChI is InChI=1S/C12H17N3O3/c13-12(11(17)18)4-1-8(2-5-12)10(16)15-9-3-6-14-7-9/h3,6-8,14H,1-2,4-5,13H2,(H,15,16)(H,17,18). The number of carboxylic acids is 1. The molecule has 5 N–H and O–H groups in total. The van der Waals surface area contributed by atoms with E-state index in [2.05, 4.69) is 10.3 Å². The second-order valence-electron chi connectivity index (χ2n) is 4.82. The highest BCUT2D eigenvalue weighted by Gasteiger charge is 2.40. The molecule has 0 atom stereocenters. The van der Waals surface area contributed by atoms with Crippen LogP contribution in [-0.4, -0.2) is 27.5 Å². The first-order chi connectivity index (χ1) is 8.51. The number of carbonyl (C=O) groups excluding carboxylic acids is 1. The monoisotopic (exact) mass is 251 g/mol. The molecular weight excluding hydrogens is 234 g/mol. The van der Waals surface area contributed by atoms with Crippen molar-refractivity contribution in [2.24, 2.45) is 11.7 Å². The summed E-state index contributed by atoms with van der Waals surface area (Å²) in [4.78, 5) is 25.8. The zero-order valence-electron chi connectivity index (χ0n) is 9.98. The third-order valence-electron chi connectivity index (χ3n) is 3.54. The van der Waals surface area contributed by atoms with E-state index in [9.17, 15) is 9.59 Å². The van der Waals surface area contributed by atoms with Gasteiger partial charge >= 0.3 is 5.97 Å². The first-order valence-electron chi connectivity index (χ1n) is 5.97.